The van der Waals surface area contributed by atoms with Crippen molar-refractivity contribution in [2.24, 2.45) is 13.0 Å². The number of halogens is 3. The van der Waals surface area contributed by atoms with Crippen LogP contribution in [0.5, 0.6) is 0 Å². The molecule has 1 N–H and O–H groups in total. The molecule has 2 atom stereocenters. The molecule has 0 unspecified atom stereocenters. The van der Waals surface area contributed by atoms with Crippen LogP contribution in [-0.2, 0) is 18.3 Å². The molecule has 1 heterocycles. The van der Waals surface area contributed by atoms with Gasteiger partial charge in [-0.1, -0.05) is 41.4 Å². The number of aryl methyl sites for hydroxylation is 1. The fraction of sp³-hybridized carbons (Fsp3) is 0.300. The summed E-state index contributed by atoms with van der Waals surface area (Å²) in [5.74, 6) is 0.430. The van der Waals surface area contributed by atoms with Gasteiger partial charge in [0.2, 0.25) is 5.91 Å². The smallest absolute Gasteiger partial charge is 0.223 e. The highest BCUT2D eigenvalue weighted by molar-refractivity contribution is 6.42. The Kier molecular flexibility index (Phi) is 4.82. The molecule has 1 aliphatic rings. The third-order valence-electron chi connectivity index (χ3n) is 5.11. The van der Waals surface area contributed by atoms with E-state index >= 15 is 0 Å². The molecule has 7 heteroatoms. The number of nitrogens with one attached hydrogen (secondary N) is 1. The number of nitrogens with zero attached hydrogens (tertiary/aromatic N) is 2. The summed E-state index contributed by atoms with van der Waals surface area (Å²) in [4.78, 5) is 16.8. The number of carbonyl (C=O) groups is 1. The lowest BCUT2D eigenvalue weighted by Gasteiger charge is -2.07. The van der Waals surface area contributed by atoms with Crippen LogP contribution in [0.2, 0.25) is 10.0 Å². The summed E-state index contributed by atoms with van der Waals surface area (Å²) in [6.07, 6.45) is 1.30. The van der Waals surface area contributed by atoms with Crippen molar-refractivity contribution in [3.05, 3.63) is 63.6 Å². The molecule has 4 rings (SSSR count). The maximum absolute atomic E-state index is 13.8. The van der Waals surface area contributed by atoms with Crippen LogP contribution in [0.15, 0.2) is 36.4 Å². The Morgan fingerprint density at radius 2 is 2.07 bits per heavy atom. The molecule has 1 fully saturated rings. The van der Waals surface area contributed by atoms with Crippen LogP contribution in [0.25, 0.3) is 11.0 Å². The molecule has 0 spiro atoms. The predicted molar refractivity (Wildman–Crippen MR) is 105 cm³/mol. The molecular weight excluding hydrogens is 388 g/mol. The van der Waals surface area contributed by atoms with Crippen molar-refractivity contribution in [3.63, 3.8) is 0 Å². The average Bonchev–Trinajstić information content (AvgIpc) is 3.38. The number of hydrogen-bond acceptors (Lipinski definition) is 2. The number of rotatable bonds is 5. The maximum atomic E-state index is 13.8. The normalized spacial score (nSPS) is 18.7. The number of benzene rings is 2. The first-order valence-corrected chi connectivity index (χ1v) is 9.54. The zero-order valence-electron chi connectivity index (χ0n) is 14.7. The summed E-state index contributed by atoms with van der Waals surface area (Å²) in [6, 6.07) is 10.4. The number of fused-ring (bicyclic) bond motifs is 1. The zero-order valence-corrected chi connectivity index (χ0v) is 16.2. The Labute approximate surface area is 166 Å². The molecule has 1 amide bonds. The van der Waals surface area contributed by atoms with Gasteiger partial charge in [0.05, 0.1) is 15.6 Å². The Morgan fingerprint density at radius 3 is 2.85 bits per heavy atom. The Bertz CT molecular complexity index is 1030. The van der Waals surface area contributed by atoms with Crippen LogP contribution in [-0.4, -0.2) is 22.0 Å². The van der Waals surface area contributed by atoms with E-state index in [1.807, 2.05) is 29.8 Å². The van der Waals surface area contributed by atoms with Crippen LogP contribution in [0, 0.1) is 11.7 Å². The van der Waals surface area contributed by atoms with Gasteiger partial charge in [-0.2, -0.15) is 0 Å². The van der Waals surface area contributed by atoms with Gasteiger partial charge in [-0.25, -0.2) is 9.37 Å². The molecule has 0 radical (unpaired) electrons. The van der Waals surface area contributed by atoms with Gasteiger partial charge in [0.15, 0.2) is 5.82 Å². The van der Waals surface area contributed by atoms with Crippen molar-refractivity contribution >= 4 is 40.1 Å². The van der Waals surface area contributed by atoms with Gasteiger partial charge in [0.1, 0.15) is 11.3 Å². The topological polar surface area (TPSA) is 46.9 Å². The molecule has 0 aliphatic heterocycles. The zero-order chi connectivity index (χ0) is 19.1. The highest BCUT2D eigenvalue weighted by atomic mass is 35.5. The highest BCUT2D eigenvalue weighted by Crippen LogP contribution is 2.50. The van der Waals surface area contributed by atoms with Crippen molar-refractivity contribution in [2.45, 2.75) is 18.8 Å². The number of hydrogen-bond donors (Lipinski definition) is 1. The molecule has 140 valence electrons. The van der Waals surface area contributed by atoms with Gasteiger partial charge in [0.25, 0.3) is 0 Å². The number of imidazole rings is 1. The average molecular weight is 406 g/mol. The first-order valence-electron chi connectivity index (χ1n) is 8.79. The highest BCUT2D eigenvalue weighted by Gasteiger charge is 2.44. The van der Waals surface area contributed by atoms with Crippen molar-refractivity contribution in [3.8, 4) is 0 Å². The largest absolute Gasteiger partial charge is 0.355 e. The molecule has 0 saturated heterocycles. The third-order valence-corrected chi connectivity index (χ3v) is 5.94. The Morgan fingerprint density at radius 1 is 1.30 bits per heavy atom. The van der Waals surface area contributed by atoms with Gasteiger partial charge < -0.3 is 9.88 Å². The van der Waals surface area contributed by atoms with E-state index in [0.717, 1.165) is 23.3 Å². The molecule has 1 saturated carbocycles. The van der Waals surface area contributed by atoms with E-state index in [2.05, 4.69) is 10.3 Å². The van der Waals surface area contributed by atoms with Crippen molar-refractivity contribution < 1.29 is 9.18 Å². The van der Waals surface area contributed by atoms with E-state index in [1.54, 1.807) is 12.1 Å². The maximum Gasteiger partial charge on any atom is 0.223 e. The third kappa shape index (κ3) is 3.42. The second-order valence-electron chi connectivity index (χ2n) is 6.83. The monoisotopic (exact) mass is 405 g/mol. The molecule has 1 aliphatic carbocycles. The minimum Gasteiger partial charge on any atom is -0.355 e. The number of para-hydroxylation sites is 1. The lowest BCUT2D eigenvalue weighted by atomic mass is 10.1. The molecule has 0 bridgehead atoms. The first-order chi connectivity index (χ1) is 13.0. The van der Waals surface area contributed by atoms with Crippen LogP contribution in [0.4, 0.5) is 4.39 Å². The molecule has 3 aromatic rings. The minimum absolute atomic E-state index is 0.000914. The first kappa shape index (κ1) is 18.3. The molecular formula is C20H18Cl2FN3O. The lowest BCUT2D eigenvalue weighted by molar-refractivity contribution is -0.122. The van der Waals surface area contributed by atoms with Gasteiger partial charge in [-0.15, -0.1) is 0 Å². The Balaban J connectivity index is 1.36. The number of aromatic nitrogens is 2. The van der Waals surface area contributed by atoms with E-state index in [1.165, 1.54) is 6.07 Å². The quantitative estimate of drug-likeness (QED) is 0.679. The molecule has 1 aromatic heterocycles. The van der Waals surface area contributed by atoms with Crippen molar-refractivity contribution in [2.75, 3.05) is 6.54 Å². The van der Waals surface area contributed by atoms with Gasteiger partial charge in [0, 0.05) is 25.9 Å². The fourth-order valence-corrected chi connectivity index (χ4v) is 3.96. The summed E-state index contributed by atoms with van der Waals surface area (Å²) in [6.45, 7) is 0.449. The van der Waals surface area contributed by atoms with E-state index < -0.39 is 0 Å². The van der Waals surface area contributed by atoms with Crippen molar-refractivity contribution in [1.29, 1.82) is 0 Å². The van der Waals surface area contributed by atoms with E-state index in [-0.39, 0.29) is 23.6 Å². The number of amides is 1. The van der Waals surface area contributed by atoms with Crippen molar-refractivity contribution in [1.82, 2.24) is 14.9 Å². The second-order valence-corrected chi connectivity index (χ2v) is 7.61. The predicted octanol–water partition coefficient (Wildman–Crippen LogP) is 4.48. The van der Waals surface area contributed by atoms with Gasteiger partial charge >= 0.3 is 0 Å². The lowest BCUT2D eigenvalue weighted by Crippen LogP contribution is -2.28. The van der Waals surface area contributed by atoms with Crippen LogP contribution in [0.1, 0.15) is 23.7 Å². The van der Waals surface area contributed by atoms with Gasteiger partial charge in [-0.3, -0.25) is 4.79 Å². The SMILES string of the molecule is Cn1c(CCNC(=O)[C@@H]2C[C@@H]2c2cccc(Cl)c2Cl)nc2c(F)cccc21. The fourth-order valence-electron chi connectivity index (χ4n) is 3.52. The number of carbonyl (C=O) groups excluding carboxylic acids is 1. The molecule has 2 aromatic carbocycles. The summed E-state index contributed by atoms with van der Waals surface area (Å²) in [5.41, 5.74) is 2.03. The van der Waals surface area contributed by atoms with Crippen LogP contribution in [0.3, 0.4) is 0 Å². The van der Waals surface area contributed by atoms with E-state index in [4.69, 9.17) is 23.2 Å². The minimum atomic E-state index is -0.336. The summed E-state index contributed by atoms with van der Waals surface area (Å²) < 4.78 is 15.7. The standard InChI is InChI=1S/C20H18Cl2FN3O/c1-26-16-7-3-6-15(23)19(16)25-17(26)8-9-24-20(27)13-10-12(13)11-4-2-5-14(21)18(11)22/h2-7,12-13H,8-10H2,1H3,(H,24,27)/t12-,13-/m1/s1. The van der Waals surface area contributed by atoms with E-state index in [9.17, 15) is 9.18 Å². The van der Waals surface area contributed by atoms with Crippen LogP contribution >= 0.6 is 23.2 Å². The summed E-state index contributed by atoms with van der Waals surface area (Å²) >= 11 is 12.3. The molecule has 4 nitrogen and oxygen atoms in total. The second kappa shape index (κ2) is 7.13. The summed E-state index contributed by atoms with van der Waals surface area (Å²) in [5, 5.41) is 3.99. The molecule has 27 heavy (non-hydrogen) atoms. The Hall–Kier alpha value is -2.11. The van der Waals surface area contributed by atoms with Crippen LogP contribution < -0.4 is 5.32 Å². The van der Waals surface area contributed by atoms with Gasteiger partial charge in [-0.05, 0) is 36.1 Å². The van der Waals surface area contributed by atoms with E-state index in [0.29, 0.717) is 28.5 Å². The summed E-state index contributed by atoms with van der Waals surface area (Å²) in [7, 11) is 1.85.